The molecule has 1 heterocycles. The van der Waals surface area contributed by atoms with Gasteiger partial charge in [0, 0.05) is 16.5 Å². The Balaban J connectivity index is 2.25. The predicted molar refractivity (Wildman–Crippen MR) is 96.3 cm³/mol. The average molecular weight is 376 g/mol. The Hall–Kier alpha value is -2.17. The molecule has 0 saturated heterocycles. The molecule has 1 aliphatic rings. The fraction of sp³-hybridized carbons (Fsp3) is 0.211. The van der Waals surface area contributed by atoms with Gasteiger partial charge in [0.05, 0.1) is 12.3 Å². The van der Waals surface area contributed by atoms with Crippen molar-refractivity contribution in [2.45, 2.75) is 19.8 Å². The largest absolute Gasteiger partial charge is 0.462 e. The van der Waals surface area contributed by atoms with Gasteiger partial charge in [0.15, 0.2) is 0 Å². The third-order valence-corrected chi connectivity index (χ3v) is 4.63. The van der Waals surface area contributed by atoms with Gasteiger partial charge in [0.2, 0.25) is 5.78 Å². The molecule has 0 radical (unpaired) electrons. The number of fused-ring (bicyclic) bond motifs is 1. The number of rotatable bonds is 3. The molecule has 0 fully saturated rings. The van der Waals surface area contributed by atoms with Crippen LogP contribution in [-0.4, -0.2) is 23.3 Å². The molecule has 0 bridgehead atoms. The highest BCUT2D eigenvalue weighted by Gasteiger charge is 2.34. The van der Waals surface area contributed by atoms with E-state index in [1.165, 1.54) is 6.07 Å². The molecule has 0 amide bonds. The number of esters is 1. The lowest BCUT2D eigenvalue weighted by atomic mass is 9.81. The second kappa shape index (κ2) is 6.98. The molecule has 1 atom stereocenters. The maximum absolute atomic E-state index is 12.7. The zero-order chi connectivity index (χ0) is 18.1. The Labute approximate surface area is 155 Å². The van der Waals surface area contributed by atoms with Crippen LogP contribution in [0.25, 0.3) is 0 Å². The third-order valence-electron chi connectivity index (χ3n) is 4.09. The number of benzene rings is 1. The van der Waals surface area contributed by atoms with Crippen molar-refractivity contribution in [2.24, 2.45) is 0 Å². The van der Waals surface area contributed by atoms with Crippen LogP contribution in [0.15, 0.2) is 42.0 Å². The van der Waals surface area contributed by atoms with E-state index in [1.807, 2.05) is 19.1 Å². The number of nitrogens with zero attached hydrogens (tertiary/aromatic N) is 1. The highest BCUT2D eigenvalue weighted by atomic mass is 35.5. The van der Waals surface area contributed by atoms with Gasteiger partial charge >= 0.3 is 5.97 Å². The van der Waals surface area contributed by atoms with Crippen LogP contribution >= 0.6 is 23.2 Å². The van der Waals surface area contributed by atoms with Gasteiger partial charge in [-0.1, -0.05) is 41.4 Å². The van der Waals surface area contributed by atoms with E-state index in [2.05, 4.69) is 4.98 Å². The molecule has 0 spiro atoms. The minimum atomic E-state index is -0.650. The summed E-state index contributed by atoms with van der Waals surface area (Å²) in [4.78, 5) is 29.3. The molecule has 1 aromatic carbocycles. The molecule has 1 aliphatic carbocycles. The molecule has 128 valence electrons. The van der Waals surface area contributed by atoms with E-state index < -0.39 is 17.7 Å². The third kappa shape index (κ3) is 3.20. The number of hydrogen-bond donors (Lipinski definition) is 0. The van der Waals surface area contributed by atoms with Crippen LogP contribution in [-0.2, 0) is 9.53 Å². The summed E-state index contributed by atoms with van der Waals surface area (Å²) in [5, 5.41) is 0.806. The molecule has 0 aliphatic heterocycles. The summed E-state index contributed by atoms with van der Waals surface area (Å²) in [6.45, 7) is 3.79. The van der Waals surface area contributed by atoms with Crippen LogP contribution in [0.3, 0.4) is 0 Å². The Bertz CT molecular complexity index is 885. The van der Waals surface area contributed by atoms with Gasteiger partial charge in [-0.25, -0.2) is 9.78 Å². The highest BCUT2D eigenvalue weighted by Crippen LogP contribution is 2.39. The number of aromatic nitrogens is 1. The SMILES string of the molecule is CCOC(=O)C1=CC(c2c(C)cccc2Cl)c2nc(Cl)ccc2C1=O. The lowest BCUT2D eigenvalue weighted by molar-refractivity contribution is -0.138. The van der Waals surface area contributed by atoms with Gasteiger partial charge in [0.1, 0.15) is 10.7 Å². The predicted octanol–water partition coefficient (Wildman–Crippen LogP) is 4.51. The molecule has 1 unspecified atom stereocenters. The van der Waals surface area contributed by atoms with E-state index in [4.69, 9.17) is 27.9 Å². The van der Waals surface area contributed by atoms with Gasteiger partial charge in [0.25, 0.3) is 0 Å². The van der Waals surface area contributed by atoms with E-state index in [0.717, 1.165) is 11.1 Å². The van der Waals surface area contributed by atoms with Crippen molar-refractivity contribution >= 4 is 35.0 Å². The summed E-state index contributed by atoms with van der Waals surface area (Å²) in [5.41, 5.74) is 2.53. The number of carbonyl (C=O) groups is 2. The van der Waals surface area contributed by atoms with Crippen molar-refractivity contribution in [3.63, 3.8) is 0 Å². The molecule has 25 heavy (non-hydrogen) atoms. The Morgan fingerprint density at radius 1 is 1.24 bits per heavy atom. The first-order chi connectivity index (χ1) is 11.9. The van der Waals surface area contributed by atoms with Crippen LogP contribution in [0.2, 0.25) is 10.2 Å². The molecule has 4 nitrogen and oxygen atoms in total. The number of halogens is 2. The van der Waals surface area contributed by atoms with Gasteiger partial charge in [-0.3, -0.25) is 4.79 Å². The van der Waals surface area contributed by atoms with Gasteiger partial charge in [-0.15, -0.1) is 0 Å². The molecule has 0 N–H and O–H groups in total. The zero-order valence-corrected chi connectivity index (χ0v) is 15.2. The molecule has 3 rings (SSSR count). The number of ketones is 1. The molecule has 1 aromatic heterocycles. The maximum Gasteiger partial charge on any atom is 0.341 e. The molecular weight excluding hydrogens is 361 g/mol. The molecule has 0 saturated carbocycles. The normalized spacial score (nSPS) is 16.2. The van der Waals surface area contributed by atoms with E-state index >= 15 is 0 Å². The van der Waals surface area contributed by atoms with Crippen LogP contribution < -0.4 is 0 Å². The van der Waals surface area contributed by atoms with Crippen LogP contribution in [0, 0.1) is 6.92 Å². The summed E-state index contributed by atoms with van der Waals surface area (Å²) < 4.78 is 5.03. The lowest BCUT2D eigenvalue weighted by Gasteiger charge is -2.24. The van der Waals surface area contributed by atoms with E-state index in [-0.39, 0.29) is 17.3 Å². The van der Waals surface area contributed by atoms with E-state index in [1.54, 1.807) is 25.1 Å². The van der Waals surface area contributed by atoms with Crippen molar-refractivity contribution in [1.82, 2.24) is 4.98 Å². The monoisotopic (exact) mass is 375 g/mol. The molecule has 2 aromatic rings. The minimum Gasteiger partial charge on any atom is -0.462 e. The molecular formula is C19H15Cl2NO3. The van der Waals surface area contributed by atoms with E-state index in [9.17, 15) is 9.59 Å². The first-order valence-electron chi connectivity index (χ1n) is 7.79. The number of ether oxygens (including phenoxy) is 1. The van der Waals surface area contributed by atoms with Crippen molar-refractivity contribution in [3.05, 3.63) is 74.5 Å². The first-order valence-corrected chi connectivity index (χ1v) is 8.54. The second-order valence-electron chi connectivity index (χ2n) is 5.64. The smallest absolute Gasteiger partial charge is 0.341 e. The van der Waals surface area contributed by atoms with Gasteiger partial charge < -0.3 is 4.74 Å². The summed E-state index contributed by atoms with van der Waals surface area (Å²) in [6.07, 6.45) is 1.57. The highest BCUT2D eigenvalue weighted by molar-refractivity contribution is 6.32. The standard InChI is InChI=1S/C19H15Cl2NO3/c1-3-25-19(24)13-9-12(16-10(2)5-4-6-14(16)20)17-11(18(13)23)7-8-15(21)22-17/h4-9,12H,3H2,1-2H3. The Kier molecular flexibility index (Phi) is 4.93. The number of Topliss-reactive ketones (excluding diaryl/α,β-unsaturated/α-hetero) is 1. The number of allylic oxidation sites excluding steroid dienone is 1. The lowest BCUT2D eigenvalue weighted by Crippen LogP contribution is -2.24. The Morgan fingerprint density at radius 2 is 2.00 bits per heavy atom. The zero-order valence-electron chi connectivity index (χ0n) is 13.7. The topological polar surface area (TPSA) is 56.3 Å². The minimum absolute atomic E-state index is 0.0113. The fourth-order valence-corrected chi connectivity index (χ4v) is 3.47. The number of hydrogen-bond acceptors (Lipinski definition) is 4. The summed E-state index contributed by atoms with van der Waals surface area (Å²) in [7, 11) is 0. The number of aryl methyl sites for hydroxylation is 1. The fourth-order valence-electron chi connectivity index (χ4n) is 2.97. The summed E-state index contributed by atoms with van der Waals surface area (Å²) >= 11 is 12.4. The van der Waals surface area contributed by atoms with Crippen LogP contribution in [0.1, 0.15) is 40.0 Å². The van der Waals surface area contributed by atoms with Crippen molar-refractivity contribution in [3.8, 4) is 0 Å². The van der Waals surface area contributed by atoms with Crippen LogP contribution in [0.5, 0.6) is 0 Å². The van der Waals surface area contributed by atoms with Crippen molar-refractivity contribution in [1.29, 1.82) is 0 Å². The van der Waals surface area contributed by atoms with Crippen molar-refractivity contribution in [2.75, 3.05) is 6.61 Å². The van der Waals surface area contributed by atoms with Gasteiger partial charge in [-0.05, 0) is 43.2 Å². The molecule has 6 heteroatoms. The first kappa shape index (κ1) is 17.6. The summed E-state index contributed by atoms with van der Waals surface area (Å²) in [5.74, 6) is -1.53. The quantitative estimate of drug-likeness (QED) is 0.449. The van der Waals surface area contributed by atoms with Gasteiger partial charge in [-0.2, -0.15) is 0 Å². The number of pyridine rings is 1. The average Bonchev–Trinajstić information content (AvgIpc) is 2.56. The number of carbonyl (C=O) groups excluding carboxylic acids is 2. The second-order valence-corrected chi connectivity index (χ2v) is 6.44. The summed E-state index contributed by atoms with van der Waals surface area (Å²) in [6, 6.07) is 8.64. The maximum atomic E-state index is 12.7. The Morgan fingerprint density at radius 3 is 2.68 bits per heavy atom. The van der Waals surface area contributed by atoms with Crippen LogP contribution in [0.4, 0.5) is 0 Å². The van der Waals surface area contributed by atoms with E-state index in [0.29, 0.717) is 16.3 Å². The van der Waals surface area contributed by atoms with Crippen molar-refractivity contribution < 1.29 is 14.3 Å².